The summed E-state index contributed by atoms with van der Waals surface area (Å²) in [5.41, 5.74) is -1.12. The summed E-state index contributed by atoms with van der Waals surface area (Å²) in [7, 11) is -2.13. The monoisotopic (exact) mass is 241 g/mol. The first-order valence-electron chi connectivity index (χ1n) is 4.55. The molecule has 0 spiro atoms. The molecule has 0 fully saturated rings. The minimum absolute atomic E-state index is 0. The highest BCUT2D eigenvalue weighted by Gasteiger charge is 2.35. The maximum Gasteiger partial charge on any atom is 0.475 e. The van der Waals surface area contributed by atoms with E-state index in [4.69, 9.17) is 13.6 Å². The van der Waals surface area contributed by atoms with E-state index >= 15 is 0 Å². The van der Waals surface area contributed by atoms with Gasteiger partial charge in [-0.3, -0.25) is 13.6 Å². The van der Waals surface area contributed by atoms with E-state index in [1.165, 1.54) is 7.11 Å². The van der Waals surface area contributed by atoms with Crippen LogP contribution in [0.15, 0.2) is 0 Å². The van der Waals surface area contributed by atoms with Crippen LogP contribution in [0.5, 0.6) is 0 Å². The Hall–Kier alpha value is 0.0700. The molecule has 0 saturated carbocycles. The molecule has 0 heterocycles. The molecule has 0 aliphatic heterocycles. The van der Waals surface area contributed by atoms with Crippen molar-refractivity contribution < 1.29 is 18.1 Å². The molecule has 0 unspecified atom stereocenters. The van der Waals surface area contributed by atoms with Crippen molar-refractivity contribution in [1.82, 2.24) is 6.15 Å². The highest BCUT2D eigenvalue weighted by Crippen LogP contribution is 2.54. The lowest BCUT2D eigenvalue weighted by molar-refractivity contribution is 0.0107. The standard InChI is InChI=1S/C9H21O4P.H3N/c1-8(2,3)12-14(10,11-7)13-9(4,5)6;/h1-7H3;1H3. The molecule has 0 aliphatic rings. The fourth-order valence-electron chi connectivity index (χ4n) is 0.764. The molecule has 0 atom stereocenters. The molecular weight excluding hydrogens is 217 g/mol. The van der Waals surface area contributed by atoms with Gasteiger partial charge in [-0.25, -0.2) is 4.57 Å². The van der Waals surface area contributed by atoms with Gasteiger partial charge in [0, 0.05) is 7.11 Å². The molecule has 0 aliphatic carbocycles. The fourth-order valence-corrected chi connectivity index (χ4v) is 2.29. The fraction of sp³-hybridized carbons (Fsp3) is 1.00. The molecular formula is C9H24NO4P. The molecule has 6 heteroatoms. The van der Waals surface area contributed by atoms with Gasteiger partial charge in [0.25, 0.3) is 0 Å². The predicted molar refractivity (Wildman–Crippen MR) is 61.3 cm³/mol. The first-order valence-corrected chi connectivity index (χ1v) is 6.01. The minimum atomic E-state index is -3.44. The first kappa shape index (κ1) is 17.5. The Morgan fingerprint density at radius 1 is 0.867 bits per heavy atom. The van der Waals surface area contributed by atoms with Crippen LogP contribution in [0.2, 0.25) is 0 Å². The molecule has 94 valence electrons. The van der Waals surface area contributed by atoms with Gasteiger partial charge in [0.05, 0.1) is 11.2 Å². The number of hydrogen-bond acceptors (Lipinski definition) is 5. The zero-order valence-electron chi connectivity index (χ0n) is 10.8. The zero-order chi connectivity index (χ0) is 11.6. The van der Waals surface area contributed by atoms with E-state index in [-0.39, 0.29) is 6.15 Å². The topological polar surface area (TPSA) is 79.8 Å². The van der Waals surface area contributed by atoms with Crippen LogP contribution in [-0.2, 0) is 18.1 Å². The highest BCUT2D eigenvalue weighted by molar-refractivity contribution is 7.48. The molecule has 15 heavy (non-hydrogen) atoms. The van der Waals surface area contributed by atoms with E-state index in [1.54, 1.807) is 41.5 Å². The lowest BCUT2D eigenvalue weighted by atomic mass is 10.2. The third-order valence-corrected chi connectivity index (χ3v) is 2.98. The summed E-state index contributed by atoms with van der Waals surface area (Å²) in [6, 6.07) is 0. The smallest absolute Gasteiger partial charge is 0.344 e. The van der Waals surface area contributed by atoms with Gasteiger partial charge >= 0.3 is 7.82 Å². The van der Waals surface area contributed by atoms with Crippen LogP contribution in [0.3, 0.4) is 0 Å². The van der Waals surface area contributed by atoms with E-state index in [2.05, 4.69) is 0 Å². The summed E-state index contributed by atoms with van der Waals surface area (Å²) in [6.07, 6.45) is 0. The van der Waals surface area contributed by atoms with Crippen molar-refractivity contribution in [2.45, 2.75) is 52.7 Å². The predicted octanol–water partition coefficient (Wildman–Crippen LogP) is 3.53. The zero-order valence-corrected chi connectivity index (χ0v) is 11.7. The SMILES string of the molecule is COP(=O)(OC(C)(C)C)OC(C)(C)C.N. The number of phosphoric ester groups is 1. The van der Waals surface area contributed by atoms with Crippen LogP contribution in [-0.4, -0.2) is 18.3 Å². The summed E-state index contributed by atoms with van der Waals surface area (Å²) < 4.78 is 27.3. The lowest BCUT2D eigenvalue weighted by Crippen LogP contribution is -2.24. The summed E-state index contributed by atoms with van der Waals surface area (Å²) in [4.78, 5) is 0. The van der Waals surface area contributed by atoms with Gasteiger partial charge in [0.2, 0.25) is 0 Å². The summed E-state index contributed by atoms with van der Waals surface area (Å²) >= 11 is 0. The number of phosphoric acid groups is 1. The van der Waals surface area contributed by atoms with E-state index < -0.39 is 19.0 Å². The lowest BCUT2D eigenvalue weighted by Gasteiger charge is -2.29. The van der Waals surface area contributed by atoms with Gasteiger partial charge in [-0.15, -0.1) is 0 Å². The largest absolute Gasteiger partial charge is 0.475 e. The van der Waals surface area contributed by atoms with Gasteiger partial charge < -0.3 is 6.15 Å². The Morgan fingerprint density at radius 2 is 1.13 bits per heavy atom. The third kappa shape index (κ3) is 9.03. The maximum atomic E-state index is 11.9. The molecule has 0 radical (unpaired) electrons. The van der Waals surface area contributed by atoms with E-state index in [0.29, 0.717) is 0 Å². The quantitative estimate of drug-likeness (QED) is 0.764. The van der Waals surface area contributed by atoms with Gasteiger partial charge in [-0.1, -0.05) is 0 Å². The number of hydrogen-bond donors (Lipinski definition) is 1. The second kappa shape index (κ2) is 5.41. The summed E-state index contributed by atoms with van der Waals surface area (Å²) in [5, 5.41) is 0. The third-order valence-electron chi connectivity index (χ3n) is 0.995. The van der Waals surface area contributed by atoms with Crippen molar-refractivity contribution in [3.05, 3.63) is 0 Å². The van der Waals surface area contributed by atoms with E-state index in [1.807, 2.05) is 0 Å². The maximum absolute atomic E-state index is 11.9. The molecule has 0 aromatic rings. The highest BCUT2D eigenvalue weighted by atomic mass is 31.2. The molecule has 0 amide bonds. The summed E-state index contributed by atoms with van der Waals surface area (Å²) in [5.74, 6) is 0. The Kier molecular flexibility index (Phi) is 6.30. The molecule has 5 nitrogen and oxygen atoms in total. The van der Waals surface area contributed by atoms with Crippen molar-refractivity contribution in [3.63, 3.8) is 0 Å². The summed E-state index contributed by atoms with van der Waals surface area (Å²) in [6.45, 7) is 10.8. The van der Waals surface area contributed by atoms with Crippen LogP contribution >= 0.6 is 7.82 Å². The Bertz CT molecular complexity index is 209. The Labute approximate surface area is 92.7 Å². The second-order valence-corrected chi connectivity index (χ2v) is 6.66. The van der Waals surface area contributed by atoms with Crippen LogP contribution in [0.4, 0.5) is 0 Å². The average Bonchev–Trinajstić information content (AvgIpc) is 1.78. The van der Waals surface area contributed by atoms with E-state index in [0.717, 1.165) is 0 Å². The molecule has 0 bridgehead atoms. The Morgan fingerprint density at radius 3 is 1.27 bits per heavy atom. The van der Waals surface area contributed by atoms with Crippen LogP contribution in [0.1, 0.15) is 41.5 Å². The molecule has 0 aromatic heterocycles. The van der Waals surface area contributed by atoms with Crippen molar-refractivity contribution in [2.75, 3.05) is 7.11 Å². The van der Waals surface area contributed by atoms with Crippen molar-refractivity contribution >= 4 is 7.82 Å². The number of rotatable bonds is 3. The normalized spacial score (nSPS) is 13.5. The van der Waals surface area contributed by atoms with Crippen molar-refractivity contribution in [3.8, 4) is 0 Å². The van der Waals surface area contributed by atoms with Gasteiger partial charge in [0.15, 0.2) is 0 Å². The molecule has 0 aromatic carbocycles. The van der Waals surface area contributed by atoms with Crippen molar-refractivity contribution in [2.24, 2.45) is 0 Å². The molecule has 3 N–H and O–H groups in total. The molecule has 0 rings (SSSR count). The van der Waals surface area contributed by atoms with Gasteiger partial charge in [-0.05, 0) is 41.5 Å². The van der Waals surface area contributed by atoms with E-state index in [9.17, 15) is 4.57 Å². The molecule has 0 saturated heterocycles. The van der Waals surface area contributed by atoms with Crippen LogP contribution < -0.4 is 6.15 Å². The first-order chi connectivity index (χ1) is 5.97. The average molecular weight is 241 g/mol. The van der Waals surface area contributed by atoms with Crippen LogP contribution in [0.25, 0.3) is 0 Å². The van der Waals surface area contributed by atoms with Gasteiger partial charge in [-0.2, -0.15) is 0 Å². The van der Waals surface area contributed by atoms with Gasteiger partial charge in [0.1, 0.15) is 0 Å². The van der Waals surface area contributed by atoms with Crippen LogP contribution in [0, 0.1) is 0 Å². The Balaban J connectivity index is 0. The second-order valence-electron chi connectivity index (χ2n) is 5.04. The minimum Gasteiger partial charge on any atom is -0.344 e. The van der Waals surface area contributed by atoms with Crippen molar-refractivity contribution in [1.29, 1.82) is 0 Å².